The Hall–Kier alpha value is -2.87. The summed E-state index contributed by atoms with van der Waals surface area (Å²) in [5.74, 6) is -2.12. The molecule has 2 aromatic carbocycles. The molecule has 128 valence electrons. The number of nitrogens with one attached hydrogen (secondary N) is 1. The van der Waals surface area contributed by atoms with Gasteiger partial charge in [0.15, 0.2) is 0 Å². The fraction of sp³-hybridized carbons (Fsp3) is 0.118. The number of anilines is 1. The molecule has 25 heavy (non-hydrogen) atoms. The molecule has 0 saturated heterocycles. The molecule has 1 aliphatic rings. The van der Waals surface area contributed by atoms with E-state index in [0.29, 0.717) is 11.1 Å². The van der Waals surface area contributed by atoms with Crippen LogP contribution in [0.2, 0.25) is 0 Å². The third kappa shape index (κ3) is 3.48. The van der Waals surface area contributed by atoms with Gasteiger partial charge in [-0.2, -0.15) is 0 Å². The van der Waals surface area contributed by atoms with Gasteiger partial charge in [-0.05, 0) is 36.5 Å². The van der Waals surface area contributed by atoms with Crippen molar-refractivity contribution in [1.29, 1.82) is 0 Å². The van der Waals surface area contributed by atoms with Gasteiger partial charge in [0.2, 0.25) is 0 Å². The van der Waals surface area contributed by atoms with Crippen LogP contribution in [-0.2, 0) is 4.74 Å². The summed E-state index contributed by atoms with van der Waals surface area (Å²) in [6.07, 6.45) is 0. The van der Waals surface area contributed by atoms with E-state index in [1.54, 1.807) is 24.3 Å². The van der Waals surface area contributed by atoms with Crippen LogP contribution in [0.15, 0.2) is 42.5 Å². The molecule has 0 unspecified atom stereocenters. The van der Waals surface area contributed by atoms with E-state index in [2.05, 4.69) is 5.32 Å². The van der Waals surface area contributed by atoms with Crippen LogP contribution in [0.3, 0.4) is 0 Å². The minimum Gasteiger partial charge on any atom is -0.469 e. The zero-order valence-electron chi connectivity index (χ0n) is 12.8. The number of halogens is 2. The first kappa shape index (κ1) is 17.0. The summed E-state index contributed by atoms with van der Waals surface area (Å²) in [7, 11) is 0. The molecule has 0 fully saturated rings. The van der Waals surface area contributed by atoms with Gasteiger partial charge in [-0.1, -0.05) is 12.1 Å². The lowest BCUT2D eigenvalue weighted by Gasteiger charge is -2.15. The first-order valence-electron chi connectivity index (χ1n) is 7.31. The Morgan fingerprint density at radius 2 is 1.72 bits per heavy atom. The van der Waals surface area contributed by atoms with Crippen LogP contribution in [0.1, 0.15) is 20.7 Å². The summed E-state index contributed by atoms with van der Waals surface area (Å²) >= 11 is 4.90. The number of amides is 2. The third-order valence-electron chi connectivity index (χ3n) is 3.59. The molecule has 1 aliphatic heterocycles. The van der Waals surface area contributed by atoms with Gasteiger partial charge in [0.05, 0.1) is 23.4 Å². The number of imide groups is 1. The van der Waals surface area contributed by atoms with Crippen molar-refractivity contribution in [2.45, 2.75) is 0 Å². The molecule has 8 heteroatoms. The van der Waals surface area contributed by atoms with Crippen LogP contribution < -0.4 is 5.32 Å². The molecule has 5 nitrogen and oxygen atoms in total. The Balaban J connectivity index is 1.55. The maximum absolute atomic E-state index is 13.5. The number of carbonyl (C=O) groups excluding carboxylic acids is 2. The van der Waals surface area contributed by atoms with Crippen molar-refractivity contribution in [3.05, 3.63) is 65.2 Å². The molecule has 2 amide bonds. The van der Waals surface area contributed by atoms with Crippen LogP contribution in [0, 0.1) is 11.6 Å². The van der Waals surface area contributed by atoms with Crippen molar-refractivity contribution < 1.29 is 23.1 Å². The molecule has 1 N–H and O–H groups in total. The van der Waals surface area contributed by atoms with E-state index < -0.39 is 23.4 Å². The number of thiocarbonyl (C=S) groups is 1. The van der Waals surface area contributed by atoms with Gasteiger partial charge in [-0.3, -0.25) is 14.5 Å². The maximum atomic E-state index is 13.5. The fourth-order valence-corrected chi connectivity index (χ4v) is 2.60. The van der Waals surface area contributed by atoms with E-state index in [4.69, 9.17) is 17.0 Å². The number of rotatable bonds is 4. The highest BCUT2D eigenvalue weighted by Crippen LogP contribution is 2.22. The molecule has 0 saturated carbocycles. The molecule has 0 aliphatic carbocycles. The molecular formula is C17H12F2N2O3S. The number of ether oxygens (including phenoxy) is 1. The highest BCUT2D eigenvalue weighted by atomic mass is 32.1. The number of nitrogens with zero attached hydrogens (tertiary/aromatic N) is 1. The molecule has 0 radical (unpaired) electrons. The van der Waals surface area contributed by atoms with Gasteiger partial charge >= 0.3 is 0 Å². The summed E-state index contributed by atoms with van der Waals surface area (Å²) in [6, 6.07) is 9.39. The van der Waals surface area contributed by atoms with Gasteiger partial charge in [0.1, 0.15) is 18.2 Å². The summed E-state index contributed by atoms with van der Waals surface area (Å²) in [5.41, 5.74) is 0.524. The SMILES string of the molecule is O=C1c2ccccc2C(=O)N1CCOC(=S)Nc1cc(F)ccc1F. The highest BCUT2D eigenvalue weighted by Gasteiger charge is 2.34. The second-order valence-electron chi connectivity index (χ2n) is 5.19. The predicted octanol–water partition coefficient (Wildman–Crippen LogP) is 2.97. The first-order valence-corrected chi connectivity index (χ1v) is 7.72. The van der Waals surface area contributed by atoms with Gasteiger partial charge in [-0.15, -0.1) is 0 Å². The van der Waals surface area contributed by atoms with E-state index >= 15 is 0 Å². The Morgan fingerprint density at radius 1 is 1.08 bits per heavy atom. The van der Waals surface area contributed by atoms with Crippen LogP contribution >= 0.6 is 12.2 Å². The first-order chi connectivity index (χ1) is 12.0. The lowest BCUT2D eigenvalue weighted by Crippen LogP contribution is -2.33. The van der Waals surface area contributed by atoms with Gasteiger partial charge in [-0.25, -0.2) is 8.78 Å². The Bertz CT molecular complexity index is 838. The highest BCUT2D eigenvalue weighted by molar-refractivity contribution is 7.80. The number of hydrogen-bond acceptors (Lipinski definition) is 4. The third-order valence-corrected chi connectivity index (χ3v) is 3.81. The molecule has 0 spiro atoms. The van der Waals surface area contributed by atoms with Crippen molar-refractivity contribution in [2.24, 2.45) is 0 Å². The normalized spacial score (nSPS) is 13.0. The molecule has 0 atom stereocenters. The summed E-state index contributed by atoms with van der Waals surface area (Å²) < 4.78 is 31.8. The average Bonchev–Trinajstić information content (AvgIpc) is 2.83. The molecule has 0 bridgehead atoms. The Morgan fingerprint density at radius 3 is 2.36 bits per heavy atom. The van der Waals surface area contributed by atoms with Gasteiger partial charge in [0.25, 0.3) is 17.0 Å². The van der Waals surface area contributed by atoms with Crippen LogP contribution in [0.4, 0.5) is 14.5 Å². The van der Waals surface area contributed by atoms with Gasteiger partial charge in [0, 0.05) is 6.07 Å². The molecule has 2 aromatic rings. The molecule has 3 rings (SSSR count). The summed E-state index contributed by atoms with van der Waals surface area (Å²) in [6.45, 7) is -0.0892. The number of carbonyl (C=O) groups is 2. The van der Waals surface area contributed by atoms with Crippen molar-refractivity contribution in [1.82, 2.24) is 4.90 Å². The van der Waals surface area contributed by atoms with Crippen LogP contribution in [0.25, 0.3) is 0 Å². The largest absolute Gasteiger partial charge is 0.469 e. The van der Waals surface area contributed by atoms with E-state index in [1.165, 1.54) is 0 Å². The Labute approximate surface area is 147 Å². The lowest BCUT2D eigenvalue weighted by atomic mass is 10.1. The van der Waals surface area contributed by atoms with Crippen molar-refractivity contribution in [3.8, 4) is 0 Å². The summed E-state index contributed by atoms with van der Waals surface area (Å²) in [4.78, 5) is 25.4. The van der Waals surface area contributed by atoms with E-state index in [-0.39, 0.29) is 24.0 Å². The monoisotopic (exact) mass is 362 g/mol. The standard InChI is InChI=1S/C17H12F2N2O3S/c18-10-5-6-13(19)14(9-10)20-17(25)24-8-7-21-15(22)11-3-1-2-4-12(11)16(21)23/h1-6,9H,7-8H2,(H,20,25). The molecule has 0 aromatic heterocycles. The zero-order chi connectivity index (χ0) is 18.0. The van der Waals surface area contributed by atoms with Crippen molar-refractivity contribution in [3.63, 3.8) is 0 Å². The number of benzene rings is 2. The molecular weight excluding hydrogens is 350 g/mol. The second kappa shape index (κ2) is 6.94. The van der Waals surface area contributed by atoms with E-state index in [9.17, 15) is 18.4 Å². The van der Waals surface area contributed by atoms with E-state index in [1.807, 2.05) is 0 Å². The van der Waals surface area contributed by atoms with Crippen LogP contribution in [-0.4, -0.2) is 35.0 Å². The minimum absolute atomic E-state index is 0.0141. The average molecular weight is 362 g/mol. The van der Waals surface area contributed by atoms with Crippen molar-refractivity contribution >= 4 is 34.9 Å². The molecule has 1 heterocycles. The number of hydrogen-bond donors (Lipinski definition) is 1. The van der Waals surface area contributed by atoms with Crippen LogP contribution in [0.5, 0.6) is 0 Å². The minimum atomic E-state index is -0.687. The smallest absolute Gasteiger partial charge is 0.261 e. The summed E-state index contributed by atoms with van der Waals surface area (Å²) in [5, 5.41) is 2.23. The zero-order valence-corrected chi connectivity index (χ0v) is 13.6. The lowest BCUT2D eigenvalue weighted by molar-refractivity contribution is 0.0629. The Kier molecular flexibility index (Phi) is 4.71. The fourth-order valence-electron chi connectivity index (χ4n) is 2.41. The predicted molar refractivity (Wildman–Crippen MR) is 90.3 cm³/mol. The van der Waals surface area contributed by atoms with Gasteiger partial charge < -0.3 is 10.1 Å². The van der Waals surface area contributed by atoms with Crippen molar-refractivity contribution in [2.75, 3.05) is 18.5 Å². The maximum Gasteiger partial charge on any atom is 0.261 e. The van der Waals surface area contributed by atoms with E-state index in [0.717, 1.165) is 23.1 Å². The topological polar surface area (TPSA) is 58.6 Å². The number of fused-ring (bicyclic) bond motifs is 1. The quantitative estimate of drug-likeness (QED) is 0.669. The second-order valence-corrected chi connectivity index (χ2v) is 5.56.